The van der Waals surface area contributed by atoms with Crippen molar-refractivity contribution in [1.29, 1.82) is 0 Å². The number of hydrogen-bond donors (Lipinski definition) is 0. The highest BCUT2D eigenvalue weighted by molar-refractivity contribution is 9.10. The standard InChI is InChI=1S/C15H10Br2N2/c16-9-1-3-11-12-4-2-10(17)8-14(12)19-6-5-18-15(19)13(11)7-9/h1-4,7-8H,5-6H2. The van der Waals surface area contributed by atoms with Crippen LogP contribution >= 0.6 is 31.9 Å². The number of rotatable bonds is 0. The second-order valence-electron chi connectivity index (χ2n) is 4.71. The Bertz CT molecular complexity index is 722. The lowest BCUT2D eigenvalue weighted by Gasteiger charge is -2.30. The number of hydrogen-bond acceptors (Lipinski definition) is 2. The highest BCUT2D eigenvalue weighted by atomic mass is 79.9. The minimum atomic E-state index is 0.868. The predicted octanol–water partition coefficient (Wildman–Crippen LogP) is 4.46. The lowest BCUT2D eigenvalue weighted by Crippen LogP contribution is -2.31. The van der Waals surface area contributed by atoms with Crippen molar-refractivity contribution in [2.75, 3.05) is 18.0 Å². The number of fused-ring (bicyclic) bond motifs is 6. The zero-order valence-electron chi connectivity index (χ0n) is 10.0. The van der Waals surface area contributed by atoms with Gasteiger partial charge in [0.2, 0.25) is 0 Å². The molecule has 0 fully saturated rings. The summed E-state index contributed by atoms with van der Waals surface area (Å²) < 4.78 is 2.21. The van der Waals surface area contributed by atoms with Crippen LogP contribution in [-0.4, -0.2) is 18.9 Å². The highest BCUT2D eigenvalue weighted by Crippen LogP contribution is 2.42. The van der Waals surface area contributed by atoms with Crippen molar-refractivity contribution < 1.29 is 0 Å². The van der Waals surface area contributed by atoms with E-state index >= 15 is 0 Å². The summed E-state index contributed by atoms with van der Waals surface area (Å²) in [6.45, 7) is 1.83. The summed E-state index contributed by atoms with van der Waals surface area (Å²) >= 11 is 7.12. The Balaban J connectivity index is 2.07. The second kappa shape index (κ2) is 4.18. The average molecular weight is 378 g/mol. The maximum absolute atomic E-state index is 4.68. The van der Waals surface area contributed by atoms with Crippen LogP contribution in [0.1, 0.15) is 5.56 Å². The molecule has 0 aromatic heterocycles. The number of nitrogens with zero attached hydrogens (tertiary/aromatic N) is 2. The number of halogens is 2. The van der Waals surface area contributed by atoms with E-state index in [4.69, 9.17) is 0 Å². The van der Waals surface area contributed by atoms with Gasteiger partial charge in [0.1, 0.15) is 5.84 Å². The maximum atomic E-state index is 4.68. The Morgan fingerprint density at radius 1 is 0.895 bits per heavy atom. The summed E-state index contributed by atoms with van der Waals surface area (Å²) in [6.07, 6.45) is 0. The molecule has 2 heterocycles. The van der Waals surface area contributed by atoms with E-state index in [0.29, 0.717) is 0 Å². The smallest absolute Gasteiger partial charge is 0.136 e. The van der Waals surface area contributed by atoms with Crippen molar-refractivity contribution in [1.82, 2.24) is 0 Å². The molecule has 2 nitrogen and oxygen atoms in total. The van der Waals surface area contributed by atoms with Gasteiger partial charge < -0.3 is 4.90 Å². The van der Waals surface area contributed by atoms with Gasteiger partial charge in [0.05, 0.1) is 12.2 Å². The molecule has 0 bridgehead atoms. The summed E-state index contributed by atoms with van der Waals surface area (Å²) in [5.74, 6) is 1.10. The molecular weight excluding hydrogens is 368 g/mol. The van der Waals surface area contributed by atoms with Gasteiger partial charge in [-0.25, -0.2) is 0 Å². The van der Waals surface area contributed by atoms with E-state index in [1.165, 1.54) is 22.4 Å². The molecule has 0 unspecified atom stereocenters. The van der Waals surface area contributed by atoms with Crippen LogP contribution in [0.2, 0.25) is 0 Å². The fourth-order valence-electron chi connectivity index (χ4n) is 2.80. The van der Waals surface area contributed by atoms with Gasteiger partial charge >= 0.3 is 0 Å². The second-order valence-corrected chi connectivity index (χ2v) is 6.54. The molecule has 4 rings (SSSR count). The van der Waals surface area contributed by atoms with Gasteiger partial charge in [0, 0.05) is 26.6 Å². The molecule has 0 N–H and O–H groups in total. The van der Waals surface area contributed by atoms with E-state index in [1.807, 2.05) is 0 Å². The third kappa shape index (κ3) is 1.70. The van der Waals surface area contributed by atoms with Gasteiger partial charge in [-0.05, 0) is 29.8 Å². The molecule has 0 atom stereocenters. The van der Waals surface area contributed by atoms with Gasteiger partial charge in [-0.3, -0.25) is 4.99 Å². The normalized spacial score (nSPS) is 15.7. The first-order valence-corrected chi connectivity index (χ1v) is 7.74. The van der Waals surface area contributed by atoms with Crippen molar-refractivity contribution in [3.05, 3.63) is 50.9 Å². The molecule has 0 amide bonds. The van der Waals surface area contributed by atoms with Crippen LogP contribution in [0, 0.1) is 0 Å². The van der Waals surface area contributed by atoms with Crippen LogP contribution in [0.15, 0.2) is 50.3 Å². The fourth-order valence-corrected chi connectivity index (χ4v) is 3.51. The van der Waals surface area contributed by atoms with Crippen LogP contribution in [0.4, 0.5) is 5.69 Å². The number of anilines is 1. The van der Waals surface area contributed by atoms with Gasteiger partial charge in [0.25, 0.3) is 0 Å². The van der Waals surface area contributed by atoms with E-state index in [0.717, 1.165) is 27.9 Å². The van der Waals surface area contributed by atoms with Crippen LogP contribution in [-0.2, 0) is 0 Å². The molecule has 2 aromatic rings. The molecule has 0 radical (unpaired) electrons. The molecule has 2 aromatic carbocycles. The van der Waals surface area contributed by atoms with Crippen molar-refractivity contribution >= 4 is 43.4 Å². The molecule has 94 valence electrons. The van der Waals surface area contributed by atoms with Gasteiger partial charge in [-0.1, -0.05) is 44.0 Å². The minimum absolute atomic E-state index is 0.868. The quantitative estimate of drug-likeness (QED) is 0.661. The molecule has 0 saturated carbocycles. The molecule has 0 aliphatic carbocycles. The van der Waals surface area contributed by atoms with E-state index in [2.05, 4.69) is 78.2 Å². The van der Waals surface area contributed by atoms with Crippen molar-refractivity contribution in [2.24, 2.45) is 4.99 Å². The Hall–Kier alpha value is -1.13. The molecule has 2 aliphatic heterocycles. The largest absolute Gasteiger partial charge is 0.324 e. The molecule has 0 spiro atoms. The highest BCUT2D eigenvalue weighted by Gasteiger charge is 2.30. The Morgan fingerprint density at radius 3 is 2.47 bits per heavy atom. The Kier molecular flexibility index (Phi) is 2.57. The average Bonchev–Trinajstić information content (AvgIpc) is 2.88. The first kappa shape index (κ1) is 11.7. The topological polar surface area (TPSA) is 15.6 Å². The summed E-state index contributed by atoms with van der Waals surface area (Å²) in [5, 5.41) is 0. The summed E-state index contributed by atoms with van der Waals surface area (Å²) in [5.41, 5.74) is 5.02. The predicted molar refractivity (Wildman–Crippen MR) is 86.0 cm³/mol. The zero-order valence-corrected chi connectivity index (χ0v) is 13.2. The Morgan fingerprint density at radius 2 is 1.63 bits per heavy atom. The first-order chi connectivity index (χ1) is 9.24. The molecule has 19 heavy (non-hydrogen) atoms. The first-order valence-electron chi connectivity index (χ1n) is 6.16. The fraction of sp³-hybridized carbons (Fsp3) is 0.133. The number of benzene rings is 2. The monoisotopic (exact) mass is 376 g/mol. The SMILES string of the molecule is Brc1ccc2c(c1)C1=NCCN1c1cc(Br)ccc1-2. The van der Waals surface area contributed by atoms with E-state index in [1.54, 1.807) is 0 Å². The molecule has 4 heteroatoms. The van der Waals surface area contributed by atoms with E-state index < -0.39 is 0 Å². The van der Waals surface area contributed by atoms with E-state index in [9.17, 15) is 0 Å². The third-order valence-corrected chi connectivity index (χ3v) is 4.59. The van der Waals surface area contributed by atoms with Gasteiger partial charge in [-0.2, -0.15) is 0 Å². The van der Waals surface area contributed by atoms with E-state index in [-0.39, 0.29) is 0 Å². The van der Waals surface area contributed by atoms with Crippen LogP contribution < -0.4 is 4.90 Å². The van der Waals surface area contributed by atoms with Crippen LogP contribution in [0.25, 0.3) is 11.1 Å². The Labute approximate surface area is 128 Å². The molecular formula is C15H10Br2N2. The van der Waals surface area contributed by atoms with Crippen molar-refractivity contribution in [3.8, 4) is 11.1 Å². The third-order valence-electron chi connectivity index (χ3n) is 3.60. The lowest BCUT2D eigenvalue weighted by molar-refractivity contribution is 1.02. The maximum Gasteiger partial charge on any atom is 0.136 e. The number of aliphatic imine (C=N–C) groups is 1. The van der Waals surface area contributed by atoms with Gasteiger partial charge in [0.15, 0.2) is 0 Å². The molecule has 2 aliphatic rings. The van der Waals surface area contributed by atoms with Crippen LogP contribution in [0.3, 0.4) is 0 Å². The lowest BCUT2D eigenvalue weighted by atomic mass is 9.93. The summed E-state index contributed by atoms with van der Waals surface area (Å²) in [4.78, 5) is 6.99. The summed E-state index contributed by atoms with van der Waals surface area (Å²) in [7, 11) is 0. The van der Waals surface area contributed by atoms with Crippen molar-refractivity contribution in [2.45, 2.75) is 0 Å². The van der Waals surface area contributed by atoms with Gasteiger partial charge in [-0.15, -0.1) is 0 Å². The minimum Gasteiger partial charge on any atom is -0.324 e. The van der Waals surface area contributed by atoms with Crippen LogP contribution in [0.5, 0.6) is 0 Å². The van der Waals surface area contributed by atoms with Crippen molar-refractivity contribution in [3.63, 3.8) is 0 Å². The number of amidine groups is 1. The molecule has 0 saturated heterocycles. The summed E-state index contributed by atoms with van der Waals surface area (Å²) in [6, 6.07) is 12.9. The zero-order chi connectivity index (χ0) is 13.0.